The number of nitrogens with one attached hydrogen (secondary N) is 1. The van der Waals surface area contributed by atoms with Gasteiger partial charge >= 0.3 is 0 Å². The number of hydrogen-bond acceptors (Lipinski definition) is 3. The van der Waals surface area contributed by atoms with Crippen LogP contribution in [0.2, 0.25) is 0 Å². The van der Waals surface area contributed by atoms with Gasteiger partial charge in [0.2, 0.25) is 0 Å². The topological polar surface area (TPSA) is 44.8 Å². The monoisotopic (exact) mass is 234 g/mol. The van der Waals surface area contributed by atoms with Gasteiger partial charge < -0.3 is 0 Å². The van der Waals surface area contributed by atoms with Gasteiger partial charge in [-0.2, -0.15) is 5.10 Å². The molecule has 1 saturated heterocycles. The third-order valence-electron chi connectivity index (χ3n) is 4.33. The van der Waals surface area contributed by atoms with Gasteiger partial charge in [-0.1, -0.05) is 19.3 Å². The third kappa shape index (κ3) is 2.51. The van der Waals surface area contributed by atoms with Crippen molar-refractivity contribution >= 4 is 0 Å². The van der Waals surface area contributed by atoms with E-state index in [2.05, 4.69) is 20.1 Å². The first-order valence-electron chi connectivity index (χ1n) is 7.03. The van der Waals surface area contributed by atoms with Gasteiger partial charge in [-0.15, -0.1) is 0 Å². The summed E-state index contributed by atoms with van der Waals surface area (Å²) in [4.78, 5) is 6.95. The molecule has 3 rings (SSSR count). The molecule has 1 saturated carbocycles. The summed E-state index contributed by atoms with van der Waals surface area (Å²) in [7, 11) is 0. The van der Waals surface area contributed by atoms with Gasteiger partial charge in [0.15, 0.2) is 0 Å². The number of aromatic amines is 1. The summed E-state index contributed by atoms with van der Waals surface area (Å²) in [6.07, 6.45) is 11.4. The Morgan fingerprint density at radius 1 is 1.18 bits per heavy atom. The number of rotatable bonds is 3. The Morgan fingerprint density at radius 3 is 2.82 bits per heavy atom. The Hall–Kier alpha value is -0.900. The number of nitrogens with zero attached hydrogens (tertiary/aromatic N) is 3. The molecular weight excluding hydrogens is 212 g/mol. The summed E-state index contributed by atoms with van der Waals surface area (Å²) in [6.45, 7) is 2.51. The maximum absolute atomic E-state index is 4.33. The molecule has 1 N–H and O–H groups in total. The highest BCUT2D eigenvalue weighted by Gasteiger charge is 2.30. The van der Waals surface area contributed by atoms with Crippen LogP contribution < -0.4 is 0 Å². The largest absolute Gasteiger partial charge is 0.293 e. The molecule has 1 aliphatic carbocycles. The summed E-state index contributed by atoms with van der Waals surface area (Å²) in [5, 5.41) is 7.03. The summed E-state index contributed by atoms with van der Waals surface area (Å²) in [5.41, 5.74) is 0. The summed E-state index contributed by atoms with van der Waals surface area (Å²) in [6, 6.07) is 0.499. The van der Waals surface area contributed by atoms with Crippen LogP contribution in [0.5, 0.6) is 0 Å². The van der Waals surface area contributed by atoms with E-state index < -0.39 is 0 Å². The first-order valence-corrected chi connectivity index (χ1v) is 7.03. The maximum Gasteiger partial charge on any atom is 0.141 e. The minimum Gasteiger partial charge on any atom is -0.293 e. The second kappa shape index (κ2) is 5.17. The van der Waals surface area contributed by atoms with Crippen molar-refractivity contribution in [2.75, 3.05) is 13.1 Å². The molecule has 1 aliphatic heterocycles. The van der Waals surface area contributed by atoms with Crippen molar-refractivity contribution < 1.29 is 0 Å². The molecule has 4 heteroatoms. The Morgan fingerprint density at radius 2 is 2.06 bits per heavy atom. The first-order chi connectivity index (χ1) is 8.43. The summed E-state index contributed by atoms with van der Waals surface area (Å²) in [5.74, 6) is 1.99. The molecule has 0 unspecified atom stereocenters. The highest BCUT2D eigenvalue weighted by Crippen LogP contribution is 2.33. The number of H-pyrrole nitrogens is 1. The molecule has 4 nitrogen and oxygen atoms in total. The second-order valence-corrected chi connectivity index (χ2v) is 5.53. The lowest BCUT2D eigenvalue weighted by atomic mass is 9.89. The van der Waals surface area contributed by atoms with Gasteiger partial charge in [0.1, 0.15) is 12.2 Å². The SMILES string of the molecule is c1n[nH]c([C@H]2CCCN2CC2CCCCC2)n1. The molecular formula is C13H22N4. The quantitative estimate of drug-likeness (QED) is 0.874. The van der Waals surface area contributed by atoms with Crippen LogP contribution in [0, 0.1) is 5.92 Å². The van der Waals surface area contributed by atoms with Gasteiger partial charge in [0.25, 0.3) is 0 Å². The third-order valence-corrected chi connectivity index (χ3v) is 4.33. The summed E-state index contributed by atoms with van der Waals surface area (Å²) < 4.78 is 0. The molecule has 1 aromatic heterocycles. The van der Waals surface area contributed by atoms with Crippen LogP contribution in [0.25, 0.3) is 0 Å². The molecule has 0 bridgehead atoms. The maximum atomic E-state index is 4.33. The van der Waals surface area contributed by atoms with Crippen molar-refractivity contribution in [1.29, 1.82) is 0 Å². The van der Waals surface area contributed by atoms with Gasteiger partial charge in [0, 0.05) is 6.54 Å². The average molecular weight is 234 g/mol. The number of likely N-dealkylation sites (tertiary alicyclic amines) is 1. The zero-order valence-electron chi connectivity index (χ0n) is 10.4. The molecule has 0 spiro atoms. The predicted molar refractivity (Wildman–Crippen MR) is 66.5 cm³/mol. The van der Waals surface area contributed by atoms with Crippen LogP contribution in [0.4, 0.5) is 0 Å². The van der Waals surface area contributed by atoms with Crippen LogP contribution in [-0.4, -0.2) is 33.2 Å². The number of hydrogen-bond donors (Lipinski definition) is 1. The van der Waals surface area contributed by atoms with Crippen molar-refractivity contribution in [3.8, 4) is 0 Å². The van der Waals surface area contributed by atoms with E-state index in [9.17, 15) is 0 Å². The van der Waals surface area contributed by atoms with Crippen LogP contribution in [0.1, 0.15) is 56.8 Å². The minimum absolute atomic E-state index is 0.499. The Labute approximate surface area is 103 Å². The molecule has 2 fully saturated rings. The fourth-order valence-corrected chi connectivity index (χ4v) is 3.43. The van der Waals surface area contributed by atoms with Gasteiger partial charge in [0.05, 0.1) is 6.04 Å². The van der Waals surface area contributed by atoms with E-state index in [1.165, 1.54) is 58.0 Å². The smallest absolute Gasteiger partial charge is 0.141 e. The Kier molecular flexibility index (Phi) is 3.41. The fourth-order valence-electron chi connectivity index (χ4n) is 3.43. The van der Waals surface area contributed by atoms with E-state index in [1.54, 1.807) is 6.33 Å². The Balaban J connectivity index is 1.61. The van der Waals surface area contributed by atoms with E-state index in [4.69, 9.17) is 0 Å². The first kappa shape index (κ1) is 11.2. The van der Waals surface area contributed by atoms with E-state index in [0.717, 1.165) is 11.7 Å². The van der Waals surface area contributed by atoms with Crippen molar-refractivity contribution in [2.24, 2.45) is 5.92 Å². The lowest BCUT2D eigenvalue weighted by Gasteiger charge is -2.29. The molecule has 0 aromatic carbocycles. The van der Waals surface area contributed by atoms with E-state index in [-0.39, 0.29) is 0 Å². The van der Waals surface area contributed by atoms with Gasteiger partial charge in [-0.25, -0.2) is 4.98 Å². The average Bonchev–Trinajstić information content (AvgIpc) is 3.00. The molecule has 1 atom stereocenters. The van der Waals surface area contributed by atoms with Crippen LogP contribution >= 0.6 is 0 Å². The van der Waals surface area contributed by atoms with Gasteiger partial charge in [-0.3, -0.25) is 10.00 Å². The molecule has 2 heterocycles. The number of aromatic nitrogens is 3. The molecule has 0 amide bonds. The lowest BCUT2D eigenvalue weighted by Crippen LogP contribution is -2.30. The van der Waals surface area contributed by atoms with Crippen molar-refractivity contribution in [2.45, 2.75) is 51.0 Å². The highest BCUT2D eigenvalue weighted by molar-refractivity contribution is 4.96. The zero-order chi connectivity index (χ0) is 11.5. The van der Waals surface area contributed by atoms with Crippen molar-refractivity contribution in [3.05, 3.63) is 12.2 Å². The standard InChI is InChI=1S/C13H22N4/c1-2-5-11(6-3-1)9-17-8-4-7-12(17)13-14-10-15-16-13/h10-12H,1-9H2,(H,14,15,16)/t12-/m1/s1. The minimum atomic E-state index is 0.499. The molecule has 2 aliphatic rings. The normalized spacial score (nSPS) is 27.6. The van der Waals surface area contributed by atoms with Crippen LogP contribution in [0.3, 0.4) is 0 Å². The van der Waals surface area contributed by atoms with E-state index >= 15 is 0 Å². The highest BCUT2D eigenvalue weighted by atomic mass is 15.3. The zero-order valence-corrected chi connectivity index (χ0v) is 10.4. The lowest BCUT2D eigenvalue weighted by molar-refractivity contribution is 0.183. The Bertz CT molecular complexity index is 329. The van der Waals surface area contributed by atoms with E-state index in [0.29, 0.717) is 6.04 Å². The predicted octanol–water partition coefficient (Wildman–Crippen LogP) is 2.52. The van der Waals surface area contributed by atoms with Crippen LogP contribution in [0.15, 0.2) is 6.33 Å². The summed E-state index contributed by atoms with van der Waals surface area (Å²) >= 11 is 0. The van der Waals surface area contributed by atoms with Crippen molar-refractivity contribution in [3.63, 3.8) is 0 Å². The second-order valence-electron chi connectivity index (χ2n) is 5.53. The fraction of sp³-hybridized carbons (Fsp3) is 0.846. The van der Waals surface area contributed by atoms with Crippen molar-refractivity contribution in [1.82, 2.24) is 20.1 Å². The molecule has 94 valence electrons. The van der Waals surface area contributed by atoms with Gasteiger partial charge in [-0.05, 0) is 38.1 Å². The van der Waals surface area contributed by atoms with E-state index in [1.807, 2.05) is 0 Å². The van der Waals surface area contributed by atoms with Crippen LogP contribution in [-0.2, 0) is 0 Å². The molecule has 1 aromatic rings. The molecule has 0 radical (unpaired) electrons. The molecule has 17 heavy (non-hydrogen) atoms.